The van der Waals surface area contributed by atoms with Gasteiger partial charge in [0.25, 0.3) is 10.1 Å². The van der Waals surface area contributed by atoms with Gasteiger partial charge in [0.15, 0.2) is 0 Å². The fourth-order valence-electron chi connectivity index (χ4n) is 0.620. The Kier molecular flexibility index (Phi) is 4.89. The van der Waals surface area contributed by atoms with Crippen molar-refractivity contribution in [1.82, 2.24) is 5.32 Å². The molecule has 0 bridgehead atoms. The van der Waals surface area contributed by atoms with E-state index in [0.717, 1.165) is 0 Å². The summed E-state index contributed by atoms with van der Waals surface area (Å²) in [6.07, 6.45) is 0.484. The van der Waals surface area contributed by atoms with Crippen molar-refractivity contribution in [2.24, 2.45) is 5.73 Å². The Bertz CT molecular complexity index is 262. The van der Waals surface area contributed by atoms with Crippen molar-refractivity contribution in [3.8, 4) is 0 Å². The first kappa shape index (κ1) is 12.3. The Morgan fingerprint density at radius 3 is 2.54 bits per heavy atom. The van der Waals surface area contributed by atoms with Gasteiger partial charge in [-0.3, -0.25) is 9.35 Å². The number of hydrogen-bond donors (Lipinski definition) is 3. The van der Waals surface area contributed by atoms with Gasteiger partial charge in [-0.15, -0.1) is 0 Å². The van der Waals surface area contributed by atoms with Gasteiger partial charge in [0, 0.05) is 6.54 Å². The average Bonchev–Trinajstić information content (AvgIpc) is 2.00. The van der Waals surface area contributed by atoms with E-state index in [1.54, 1.807) is 6.92 Å². The predicted molar refractivity (Wildman–Crippen MR) is 47.7 cm³/mol. The number of rotatable bonds is 5. The second-order valence-corrected chi connectivity index (χ2v) is 4.16. The highest BCUT2D eigenvalue weighted by atomic mass is 32.2. The number of nitrogens with one attached hydrogen (secondary N) is 1. The maximum Gasteiger partial charge on any atom is 0.266 e. The molecular formula is C6H14N2O4S. The molecule has 0 fully saturated rings. The van der Waals surface area contributed by atoms with Crippen LogP contribution in [0, 0.1) is 0 Å². The van der Waals surface area contributed by atoms with E-state index in [4.69, 9.17) is 10.3 Å². The summed E-state index contributed by atoms with van der Waals surface area (Å²) in [4.78, 5) is 10.9. The molecule has 0 radical (unpaired) electrons. The lowest BCUT2D eigenvalue weighted by Crippen LogP contribution is -2.41. The molecule has 0 aliphatic rings. The number of hydrogen-bond acceptors (Lipinski definition) is 4. The summed E-state index contributed by atoms with van der Waals surface area (Å²) in [5.74, 6) is -0.902. The molecule has 78 valence electrons. The minimum atomic E-state index is -4.01. The molecule has 0 aromatic carbocycles. The number of carbonyl (C=O) groups is 1. The highest BCUT2D eigenvalue weighted by Gasteiger charge is 2.11. The van der Waals surface area contributed by atoms with Crippen LogP contribution in [0.15, 0.2) is 0 Å². The van der Waals surface area contributed by atoms with E-state index in [-0.39, 0.29) is 6.54 Å². The van der Waals surface area contributed by atoms with Crippen molar-refractivity contribution in [2.45, 2.75) is 19.4 Å². The minimum Gasteiger partial charge on any atom is -0.354 e. The third-order valence-electron chi connectivity index (χ3n) is 1.44. The van der Waals surface area contributed by atoms with E-state index in [1.165, 1.54) is 0 Å². The van der Waals surface area contributed by atoms with E-state index < -0.39 is 27.8 Å². The smallest absolute Gasteiger partial charge is 0.266 e. The SMILES string of the molecule is CCC(N)C(=O)NCCS(=O)(=O)O. The first-order chi connectivity index (χ1) is 5.87. The molecule has 1 atom stereocenters. The first-order valence-electron chi connectivity index (χ1n) is 3.85. The first-order valence-corrected chi connectivity index (χ1v) is 5.46. The van der Waals surface area contributed by atoms with Crippen LogP contribution in [0.25, 0.3) is 0 Å². The second-order valence-electron chi connectivity index (χ2n) is 2.59. The molecule has 6 nitrogen and oxygen atoms in total. The molecule has 13 heavy (non-hydrogen) atoms. The minimum absolute atomic E-state index is 0.120. The quantitative estimate of drug-likeness (QED) is 0.490. The number of carbonyl (C=O) groups excluding carboxylic acids is 1. The van der Waals surface area contributed by atoms with Gasteiger partial charge in [-0.25, -0.2) is 0 Å². The van der Waals surface area contributed by atoms with Crippen LogP contribution in [0.3, 0.4) is 0 Å². The highest BCUT2D eigenvalue weighted by Crippen LogP contribution is 1.85. The second kappa shape index (κ2) is 5.15. The lowest BCUT2D eigenvalue weighted by molar-refractivity contribution is -0.122. The van der Waals surface area contributed by atoms with E-state index in [2.05, 4.69) is 5.32 Å². The van der Waals surface area contributed by atoms with Crippen LogP contribution in [0.2, 0.25) is 0 Å². The third kappa shape index (κ3) is 6.50. The van der Waals surface area contributed by atoms with Crippen molar-refractivity contribution in [3.05, 3.63) is 0 Å². The van der Waals surface area contributed by atoms with E-state index in [0.29, 0.717) is 6.42 Å². The van der Waals surface area contributed by atoms with Crippen molar-refractivity contribution >= 4 is 16.0 Å². The van der Waals surface area contributed by atoms with E-state index in [1.807, 2.05) is 0 Å². The van der Waals surface area contributed by atoms with E-state index >= 15 is 0 Å². The summed E-state index contributed by atoms with van der Waals surface area (Å²) in [5.41, 5.74) is 5.34. The fourth-order valence-corrected chi connectivity index (χ4v) is 0.980. The lowest BCUT2D eigenvalue weighted by atomic mass is 10.2. The molecule has 1 amide bonds. The predicted octanol–water partition coefficient (Wildman–Crippen LogP) is -1.27. The molecular weight excluding hydrogens is 196 g/mol. The number of nitrogens with two attached hydrogens (primary N) is 1. The lowest BCUT2D eigenvalue weighted by Gasteiger charge is -2.08. The van der Waals surface area contributed by atoms with Gasteiger partial charge < -0.3 is 11.1 Å². The molecule has 0 aromatic rings. The largest absolute Gasteiger partial charge is 0.354 e. The maximum atomic E-state index is 10.9. The molecule has 7 heteroatoms. The summed E-state index contributed by atoms with van der Waals surface area (Å²) in [6, 6.07) is -0.624. The maximum absolute atomic E-state index is 10.9. The summed E-state index contributed by atoms with van der Waals surface area (Å²) in [6.45, 7) is 1.62. The van der Waals surface area contributed by atoms with Gasteiger partial charge in [0.2, 0.25) is 5.91 Å². The van der Waals surface area contributed by atoms with Crippen LogP contribution in [-0.2, 0) is 14.9 Å². The standard InChI is InChI=1S/C6H14N2O4S/c1-2-5(7)6(9)8-3-4-13(10,11)12/h5H,2-4,7H2,1H3,(H,8,9)(H,10,11,12). The average molecular weight is 210 g/mol. The highest BCUT2D eigenvalue weighted by molar-refractivity contribution is 7.85. The summed E-state index contributed by atoms with van der Waals surface area (Å²) in [5, 5.41) is 2.29. The molecule has 1 unspecified atom stereocenters. The Morgan fingerprint density at radius 1 is 1.62 bits per heavy atom. The molecule has 0 spiro atoms. The van der Waals surface area contributed by atoms with Crippen molar-refractivity contribution in [2.75, 3.05) is 12.3 Å². The Labute approximate surface area is 77.2 Å². The molecule has 0 aliphatic heterocycles. The van der Waals surface area contributed by atoms with Gasteiger partial charge in [-0.1, -0.05) is 6.92 Å². The Hall–Kier alpha value is -0.660. The van der Waals surface area contributed by atoms with Gasteiger partial charge in [0.1, 0.15) is 0 Å². The Balaban J connectivity index is 3.72. The molecule has 0 aromatic heterocycles. The third-order valence-corrected chi connectivity index (χ3v) is 2.16. The van der Waals surface area contributed by atoms with Crippen molar-refractivity contribution in [3.63, 3.8) is 0 Å². The van der Waals surface area contributed by atoms with Crippen LogP contribution >= 0.6 is 0 Å². The molecule has 0 saturated heterocycles. The van der Waals surface area contributed by atoms with E-state index in [9.17, 15) is 13.2 Å². The summed E-state index contributed by atoms with van der Waals surface area (Å²) >= 11 is 0. The Morgan fingerprint density at radius 2 is 2.15 bits per heavy atom. The molecule has 0 aliphatic carbocycles. The zero-order valence-corrected chi connectivity index (χ0v) is 8.17. The molecule has 0 rings (SSSR count). The molecule has 0 saturated carbocycles. The summed E-state index contributed by atoms with van der Waals surface area (Å²) < 4.78 is 28.8. The van der Waals surface area contributed by atoms with Gasteiger partial charge in [-0.2, -0.15) is 8.42 Å². The zero-order valence-electron chi connectivity index (χ0n) is 7.36. The zero-order chi connectivity index (χ0) is 10.5. The normalized spacial score (nSPS) is 13.8. The number of amides is 1. The van der Waals surface area contributed by atoms with Crippen LogP contribution in [0.1, 0.15) is 13.3 Å². The van der Waals surface area contributed by atoms with Crippen LogP contribution in [-0.4, -0.2) is 37.2 Å². The van der Waals surface area contributed by atoms with Crippen molar-refractivity contribution < 1.29 is 17.8 Å². The van der Waals surface area contributed by atoms with Crippen LogP contribution < -0.4 is 11.1 Å². The van der Waals surface area contributed by atoms with Crippen LogP contribution in [0.4, 0.5) is 0 Å². The molecule has 4 N–H and O–H groups in total. The van der Waals surface area contributed by atoms with Gasteiger partial charge in [0.05, 0.1) is 11.8 Å². The van der Waals surface area contributed by atoms with Crippen LogP contribution in [0.5, 0.6) is 0 Å². The van der Waals surface area contributed by atoms with Crippen molar-refractivity contribution in [1.29, 1.82) is 0 Å². The monoisotopic (exact) mass is 210 g/mol. The summed E-state index contributed by atoms with van der Waals surface area (Å²) in [7, 11) is -4.01. The topological polar surface area (TPSA) is 109 Å². The van der Waals surface area contributed by atoms with Gasteiger partial charge in [-0.05, 0) is 6.42 Å². The van der Waals surface area contributed by atoms with Gasteiger partial charge >= 0.3 is 0 Å². The fraction of sp³-hybridized carbons (Fsp3) is 0.833. The molecule has 0 heterocycles.